The quantitative estimate of drug-likeness (QED) is 0.662. The molecule has 0 spiro atoms. The molecular weight excluding hydrogens is 246 g/mol. The van der Waals surface area contributed by atoms with Gasteiger partial charge in [0.25, 0.3) is 0 Å². The Bertz CT molecular complexity index is 614. The Morgan fingerprint density at radius 2 is 1.70 bits per heavy atom. The molecule has 0 aliphatic carbocycles. The van der Waals surface area contributed by atoms with Crippen molar-refractivity contribution in [2.24, 2.45) is 0 Å². The largest absolute Gasteiger partial charge is 0.399 e. The molecule has 0 radical (unpaired) electrons. The van der Waals surface area contributed by atoms with Gasteiger partial charge >= 0.3 is 0 Å². The number of hydrogen-bond donors (Lipinski definition) is 1. The van der Waals surface area contributed by atoms with Crippen LogP contribution in [0.1, 0.15) is 53.2 Å². The SMILES string of the molecule is CCC(C)c1ccc(C(=O)c2ccc(N)c(C)c2)cc1. The highest BCUT2D eigenvalue weighted by molar-refractivity contribution is 6.09. The Morgan fingerprint density at radius 1 is 1.10 bits per heavy atom. The summed E-state index contributed by atoms with van der Waals surface area (Å²) in [5.41, 5.74) is 10.1. The number of hydrogen-bond acceptors (Lipinski definition) is 2. The normalized spacial score (nSPS) is 12.2. The maximum Gasteiger partial charge on any atom is 0.193 e. The number of carbonyl (C=O) groups is 1. The summed E-state index contributed by atoms with van der Waals surface area (Å²) in [6.07, 6.45) is 1.10. The lowest BCUT2D eigenvalue weighted by atomic mass is 9.95. The van der Waals surface area contributed by atoms with E-state index in [9.17, 15) is 4.79 Å². The van der Waals surface area contributed by atoms with Crippen LogP contribution >= 0.6 is 0 Å². The van der Waals surface area contributed by atoms with Crippen molar-refractivity contribution in [2.45, 2.75) is 33.1 Å². The van der Waals surface area contributed by atoms with Crippen LogP contribution in [-0.4, -0.2) is 5.78 Å². The van der Waals surface area contributed by atoms with Crippen LogP contribution in [0.3, 0.4) is 0 Å². The van der Waals surface area contributed by atoms with Crippen molar-refractivity contribution in [2.75, 3.05) is 5.73 Å². The van der Waals surface area contributed by atoms with Crippen molar-refractivity contribution in [1.82, 2.24) is 0 Å². The number of anilines is 1. The molecule has 2 nitrogen and oxygen atoms in total. The summed E-state index contributed by atoms with van der Waals surface area (Å²) in [6, 6.07) is 13.3. The minimum absolute atomic E-state index is 0.0452. The Labute approximate surface area is 120 Å². The molecule has 1 unspecified atom stereocenters. The first-order valence-electron chi connectivity index (χ1n) is 7.03. The summed E-state index contributed by atoms with van der Waals surface area (Å²) >= 11 is 0. The number of nitrogens with two attached hydrogens (primary N) is 1. The van der Waals surface area contributed by atoms with Gasteiger partial charge in [-0.15, -0.1) is 0 Å². The summed E-state index contributed by atoms with van der Waals surface area (Å²) in [5, 5.41) is 0. The minimum atomic E-state index is 0.0452. The predicted molar refractivity (Wildman–Crippen MR) is 84.2 cm³/mol. The van der Waals surface area contributed by atoms with E-state index in [0.717, 1.165) is 17.5 Å². The van der Waals surface area contributed by atoms with Crippen LogP contribution in [0, 0.1) is 6.92 Å². The van der Waals surface area contributed by atoms with Crippen LogP contribution in [0.4, 0.5) is 5.69 Å². The lowest BCUT2D eigenvalue weighted by molar-refractivity contribution is 0.103. The number of carbonyl (C=O) groups excluding carboxylic acids is 1. The summed E-state index contributed by atoms with van der Waals surface area (Å²) in [5.74, 6) is 0.571. The number of ketones is 1. The molecular formula is C18H21NO. The van der Waals surface area contributed by atoms with Crippen molar-refractivity contribution < 1.29 is 4.79 Å². The molecule has 104 valence electrons. The Hall–Kier alpha value is -2.09. The standard InChI is InChI=1S/C18H21NO/c1-4-12(2)14-5-7-15(8-6-14)18(20)16-9-10-17(19)13(3)11-16/h5-12H,4,19H2,1-3H3. The first-order chi connectivity index (χ1) is 9.52. The molecule has 2 rings (SSSR count). The zero-order valence-electron chi connectivity index (χ0n) is 12.3. The van der Waals surface area contributed by atoms with Gasteiger partial charge in [-0.3, -0.25) is 4.79 Å². The zero-order chi connectivity index (χ0) is 14.7. The monoisotopic (exact) mass is 267 g/mol. The van der Waals surface area contributed by atoms with Crippen molar-refractivity contribution >= 4 is 11.5 Å². The molecule has 0 saturated heterocycles. The highest BCUT2D eigenvalue weighted by Crippen LogP contribution is 2.21. The topological polar surface area (TPSA) is 43.1 Å². The summed E-state index contributed by atoms with van der Waals surface area (Å²) < 4.78 is 0. The molecule has 0 aromatic heterocycles. The molecule has 2 aromatic carbocycles. The third-order valence-electron chi connectivity index (χ3n) is 3.89. The van der Waals surface area contributed by atoms with Gasteiger partial charge in [0.15, 0.2) is 5.78 Å². The number of benzene rings is 2. The molecule has 0 heterocycles. The molecule has 1 atom stereocenters. The fourth-order valence-electron chi connectivity index (χ4n) is 2.18. The summed E-state index contributed by atoms with van der Waals surface area (Å²) in [7, 11) is 0. The number of rotatable bonds is 4. The van der Waals surface area contributed by atoms with E-state index in [1.807, 2.05) is 37.3 Å². The van der Waals surface area contributed by atoms with E-state index < -0.39 is 0 Å². The van der Waals surface area contributed by atoms with Gasteiger partial charge in [0.2, 0.25) is 0 Å². The molecule has 2 N–H and O–H groups in total. The van der Waals surface area contributed by atoms with Gasteiger partial charge in [-0.1, -0.05) is 38.1 Å². The third-order valence-corrected chi connectivity index (χ3v) is 3.89. The molecule has 20 heavy (non-hydrogen) atoms. The second-order valence-electron chi connectivity index (χ2n) is 5.33. The van der Waals surface area contributed by atoms with Gasteiger partial charge in [0, 0.05) is 16.8 Å². The van der Waals surface area contributed by atoms with Crippen molar-refractivity contribution in [3.05, 3.63) is 64.7 Å². The van der Waals surface area contributed by atoms with E-state index in [1.54, 1.807) is 12.1 Å². The first kappa shape index (κ1) is 14.3. The van der Waals surface area contributed by atoms with Crippen LogP contribution in [0.15, 0.2) is 42.5 Å². The minimum Gasteiger partial charge on any atom is -0.399 e. The molecule has 2 heteroatoms. The van der Waals surface area contributed by atoms with Gasteiger partial charge < -0.3 is 5.73 Å². The van der Waals surface area contributed by atoms with E-state index in [4.69, 9.17) is 5.73 Å². The maximum absolute atomic E-state index is 12.4. The van der Waals surface area contributed by atoms with Crippen molar-refractivity contribution in [3.8, 4) is 0 Å². The molecule has 0 bridgehead atoms. The highest BCUT2D eigenvalue weighted by atomic mass is 16.1. The maximum atomic E-state index is 12.4. The lowest BCUT2D eigenvalue weighted by Crippen LogP contribution is -2.03. The molecule has 2 aromatic rings. The van der Waals surface area contributed by atoms with Crippen molar-refractivity contribution in [3.63, 3.8) is 0 Å². The average molecular weight is 267 g/mol. The van der Waals surface area contributed by atoms with Gasteiger partial charge in [-0.2, -0.15) is 0 Å². The van der Waals surface area contributed by atoms with E-state index in [-0.39, 0.29) is 5.78 Å². The van der Waals surface area contributed by atoms with Crippen LogP contribution in [-0.2, 0) is 0 Å². The van der Waals surface area contributed by atoms with Gasteiger partial charge in [-0.05, 0) is 48.6 Å². The Morgan fingerprint density at radius 3 is 2.25 bits per heavy atom. The van der Waals surface area contributed by atoms with Gasteiger partial charge in [0.05, 0.1) is 0 Å². The fraction of sp³-hybridized carbons (Fsp3) is 0.278. The zero-order valence-corrected chi connectivity index (χ0v) is 12.3. The van der Waals surface area contributed by atoms with Crippen molar-refractivity contribution in [1.29, 1.82) is 0 Å². The highest BCUT2D eigenvalue weighted by Gasteiger charge is 2.11. The van der Waals surface area contributed by atoms with E-state index in [1.165, 1.54) is 5.56 Å². The van der Waals surface area contributed by atoms with E-state index in [0.29, 0.717) is 17.2 Å². The fourth-order valence-corrected chi connectivity index (χ4v) is 2.18. The summed E-state index contributed by atoms with van der Waals surface area (Å²) in [6.45, 7) is 6.28. The lowest BCUT2D eigenvalue weighted by Gasteiger charge is -2.10. The van der Waals surface area contributed by atoms with Gasteiger partial charge in [-0.25, -0.2) is 0 Å². The van der Waals surface area contributed by atoms with Crippen LogP contribution in [0.25, 0.3) is 0 Å². The molecule has 0 amide bonds. The Balaban J connectivity index is 2.27. The van der Waals surface area contributed by atoms with Gasteiger partial charge in [0.1, 0.15) is 0 Å². The molecule has 0 aliphatic heterocycles. The van der Waals surface area contributed by atoms with Crippen LogP contribution < -0.4 is 5.73 Å². The second kappa shape index (κ2) is 5.91. The molecule has 0 aliphatic rings. The molecule has 0 fully saturated rings. The Kier molecular flexibility index (Phi) is 4.23. The number of aryl methyl sites for hydroxylation is 1. The van der Waals surface area contributed by atoms with Crippen LogP contribution in [0.2, 0.25) is 0 Å². The third kappa shape index (κ3) is 2.90. The van der Waals surface area contributed by atoms with E-state index >= 15 is 0 Å². The smallest absolute Gasteiger partial charge is 0.193 e. The summed E-state index contributed by atoms with van der Waals surface area (Å²) in [4.78, 5) is 12.4. The second-order valence-corrected chi connectivity index (χ2v) is 5.33. The predicted octanol–water partition coefficient (Wildman–Crippen LogP) is 4.32. The van der Waals surface area contributed by atoms with Crippen LogP contribution in [0.5, 0.6) is 0 Å². The van der Waals surface area contributed by atoms with E-state index in [2.05, 4.69) is 13.8 Å². The average Bonchev–Trinajstić information content (AvgIpc) is 2.48. The first-order valence-corrected chi connectivity index (χ1v) is 7.03. The number of nitrogen functional groups attached to an aromatic ring is 1. The molecule has 0 saturated carbocycles.